The van der Waals surface area contributed by atoms with Gasteiger partial charge in [-0.3, -0.25) is 0 Å². The Kier molecular flexibility index (Phi) is 5.15. The zero-order valence-electron chi connectivity index (χ0n) is 11.9. The lowest BCUT2D eigenvalue weighted by atomic mass is 10.2. The molecule has 4 nitrogen and oxygen atoms in total. The molecule has 0 aliphatic carbocycles. The van der Waals surface area contributed by atoms with E-state index in [1.165, 1.54) is 12.1 Å². The van der Waals surface area contributed by atoms with E-state index in [2.05, 4.69) is 15.3 Å². The Morgan fingerprint density at radius 1 is 0.958 bits per heavy atom. The normalized spacial score (nSPS) is 12.1. The first-order chi connectivity index (χ1) is 11.2. The highest BCUT2D eigenvalue weighted by Crippen LogP contribution is 2.34. The second-order valence-electron chi connectivity index (χ2n) is 4.53. The van der Waals surface area contributed by atoms with Crippen molar-refractivity contribution in [3.63, 3.8) is 0 Å². The molecule has 2 aromatic heterocycles. The van der Waals surface area contributed by atoms with E-state index in [1.54, 1.807) is 0 Å². The lowest BCUT2D eigenvalue weighted by Crippen LogP contribution is -2.16. The van der Waals surface area contributed by atoms with Gasteiger partial charge in [0.25, 0.3) is 0 Å². The van der Waals surface area contributed by atoms with Gasteiger partial charge in [-0.1, -0.05) is 6.07 Å². The summed E-state index contributed by atoms with van der Waals surface area (Å²) in [5.74, 6) is -0.658. The second-order valence-corrected chi connectivity index (χ2v) is 4.53. The Hall–Kier alpha value is -2.52. The lowest BCUT2D eigenvalue weighted by molar-refractivity contribution is -0.141. The highest BCUT2D eigenvalue weighted by molar-refractivity contribution is 5.36. The minimum Gasteiger partial charge on any atom is -0.475 e. The van der Waals surface area contributed by atoms with Gasteiger partial charge in [0, 0.05) is 6.20 Å². The number of nitrogens with one attached hydrogen (secondary N) is 1. The Labute approximate surface area is 132 Å². The topological polar surface area (TPSA) is 47.0 Å². The molecule has 2 heterocycles. The van der Waals surface area contributed by atoms with Crippen LogP contribution in [0.25, 0.3) is 0 Å². The lowest BCUT2D eigenvalue weighted by Gasteiger charge is -2.13. The first-order valence-corrected chi connectivity index (χ1v) is 6.61. The standard InChI is InChI=1S/C14H11F6N3O/c15-13(16,17)9-3-2-6-22-12(9)24-8-7-21-11-5-1-4-10(23-11)14(18,19)20/h1-6H,7-8H2,(H,21,23). The summed E-state index contributed by atoms with van der Waals surface area (Å²) in [4.78, 5) is 6.86. The molecule has 2 rings (SSSR count). The summed E-state index contributed by atoms with van der Waals surface area (Å²) in [6.07, 6.45) is -8.05. The molecule has 0 aliphatic rings. The fourth-order valence-electron chi connectivity index (χ4n) is 1.74. The molecule has 1 N–H and O–H groups in total. The molecule has 0 aliphatic heterocycles. The third-order valence-electron chi connectivity index (χ3n) is 2.76. The van der Waals surface area contributed by atoms with Crippen LogP contribution in [-0.4, -0.2) is 23.1 Å². The zero-order chi connectivity index (χ0) is 17.8. The fourth-order valence-corrected chi connectivity index (χ4v) is 1.74. The second kappa shape index (κ2) is 6.93. The van der Waals surface area contributed by atoms with E-state index in [0.717, 1.165) is 24.4 Å². The molecule has 0 radical (unpaired) electrons. The van der Waals surface area contributed by atoms with Crippen molar-refractivity contribution in [3.8, 4) is 5.88 Å². The summed E-state index contributed by atoms with van der Waals surface area (Å²) < 4.78 is 80.6. The first kappa shape index (κ1) is 17.8. The number of ether oxygens (including phenoxy) is 1. The molecule has 24 heavy (non-hydrogen) atoms. The van der Waals surface area contributed by atoms with E-state index < -0.39 is 29.5 Å². The minimum absolute atomic E-state index is 0.0534. The Morgan fingerprint density at radius 2 is 1.71 bits per heavy atom. The molecule has 0 saturated carbocycles. The fraction of sp³-hybridized carbons (Fsp3) is 0.286. The van der Waals surface area contributed by atoms with Gasteiger partial charge in [0.2, 0.25) is 5.88 Å². The van der Waals surface area contributed by atoms with Gasteiger partial charge in [-0.15, -0.1) is 0 Å². The molecular formula is C14H11F6N3O. The average molecular weight is 351 g/mol. The molecule has 0 spiro atoms. The highest BCUT2D eigenvalue weighted by atomic mass is 19.4. The van der Waals surface area contributed by atoms with Crippen LogP contribution in [0.5, 0.6) is 5.88 Å². The maximum Gasteiger partial charge on any atom is 0.433 e. The number of rotatable bonds is 5. The predicted molar refractivity (Wildman–Crippen MR) is 72.5 cm³/mol. The van der Waals surface area contributed by atoms with Crippen molar-refractivity contribution >= 4 is 5.82 Å². The van der Waals surface area contributed by atoms with E-state index >= 15 is 0 Å². The number of hydrogen-bond donors (Lipinski definition) is 1. The third kappa shape index (κ3) is 4.74. The molecular weight excluding hydrogens is 340 g/mol. The molecule has 0 fully saturated rings. The van der Waals surface area contributed by atoms with Gasteiger partial charge in [0.15, 0.2) is 0 Å². The number of nitrogens with zero attached hydrogens (tertiary/aromatic N) is 2. The van der Waals surface area contributed by atoms with Gasteiger partial charge in [-0.25, -0.2) is 9.97 Å². The number of pyridine rings is 2. The quantitative estimate of drug-likeness (QED) is 0.653. The average Bonchev–Trinajstić information content (AvgIpc) is 2.50. The minimum atomic E-state index is -4.61. The first-order valence-electron chi connectivity index (χ1n) is 6.61. The number of anilines is 1. The molecule has 2 aromatic rings. The molecule has 130 valence electrons. The van der Waals surface area contributed by atoms with Crippen molar-refractivity contribution in [2.75, 3.05) is 18.5 Å². The van der Waals surface area contributed by atoms with Crippen molar-refractivity contribution in [1.82, 2.24) is 9.97 Å². The van der Waals surface area contributed by atoms with Crippen LogP contribution >= 0.6 is 0 Å². The van der Waals surface area contributed by atoms with E-state index in [1.807, 2.05) is 0 Å². The summed E-state index contributed by atoms with van der Waals surface area (Å²) >= 11 is 0. The van der Waals surface area contributed by atoms with E-state index in [9.17, 15) is 26.3 Å². The molecule has 0 bridgehead atoms. The van der Waals surface area contributed by atoms with Crippen LogP contribution < -0.4 is 10.1 Å². The van der Waals surface area contributed by atoms with E-state index in [-0.39, 0.29) is 19.0 Å². The van der Waals surface area contributed by atoms with Crippen LogP contribution in [0.4, 0.5) is 32.2 Å². The number of hydrogen-bond acceptors (Lipinski definition) is 4. The van der Waals surface area contributed by atoms with Crippen LogP contribution in [0, 0.1) is 0 Å². The smallest absolute Gasteiger partial charge is 0.433 e. The summed E-state index contributed by atoms with van der Waals surface area (Å²) in [6.45, 7) is -0.291. The molecule has 0 unspecified atom stereocenters. The van der Waals surface area contributed by atoms with Crippen LogP contribution in [-0.2, 0) is 12.4 Å². The molecule has 0 atom stereocenters. The van der Waals surface area contributed by atoms with Crippen LogP contribution in [0.2, 0.25) is 0 Å². The third-order valence-corrected chi connectivity index (χ3v) is 2.76. The van der Waals surface area contributed by atoms with Gasteiger partial charge in [-0.05, 0) is 24.3 Å². The summed E-state index contributed by atoms with van der Waals surface area (Å²) in [5.41, 5.74) is -2.10. The Balaban J connectivity index is 1.93. The molecule has 0 aromatic carbocycles. The van der Waals surface area contributed by atoms with Gasteiger partial charge in [-0.2, -0.15) is 26.3 Å². The van der Waals surface area contributed by atoms with Crippen molar-refractivity contribution < 1.29 is 31.1 Å². The predicted octanol–water partition coefficient (Wildman–Crippen LogP) is 4.01. The summed E-state index contributed by atoms with van der Waals surface area (Å²) in [7, 11) is 0. The van der Waals surface area contributed by atoms with Crippen molar-refractivity contribution in [2.45, 2.75) is 12.4 Å². The van der Waals surface area contributed by atoms with E-state index in [4.69, 9.17) is 4.74 Å². The van der Waals surface area contributed by atoms with E-state index in [0.29, 0.717) is 0 Å². The highest BCUT2D eigenvalue weighted by Gasteiger charge is 2.35. The van der Waals surface area contributed by atoms with Crippen molar-refractivity contribution in [3.05, 3.63) is 47.8 Å². The zero-order valence-corrected chi connectivity index (χ0v) is 11.9. The Bertz CT molecular complexity index is 687. The molecule has 0 amide bonds. The van der Waals surface area contributed by atoms with Crippen LogP contribution in [0.1, 0.15) is 11.3 Å². The molecule has 0 saturated heterocycles. The van der Waals surface area contributed by atoms with Gasteiger partial charge >= 0.3 is 12.4 Å². The monoisotopic (exact) mass is 351 g/mol. The van der Waals surface area contributed by atoms with Gasteiger partial charge < -0.3 is 10.1 Å². The Morgan fingerprint density at radius 3 is 2.38 bits per heavy atom. The molecule has 10 heteroatoms. The largest absolute Gasteiger partial charge is 0.475 e. The van der Waals surface area contributed by atoms with Crippen molar-refractivity contribution in [1.29, 1.82) is 0 Å². The maximum atomic E-state index is 12.7. The summed E-state index contributed by atoms with van der Waals surface area (Å²) in [5, 5.41) is 2.54. The van der Waals surface area contributed by atoms with Crippen LogP contribution in [0.15, 0.2) is 36.5 Å². The van der Waals surface area contributed by atoms with Crippen LogP contribution in [0.3, 0.4) is 0 Å². The number of alkyl halides is 6. The maximum absolute atomic E-state index is 12.7. The van der Waals surface area contributed by atoms with Gasteiger partial charge in [0.1, 0.15) is 23.7 Å². The summed E-state index contributed by atoms with van der Waals surface area (Å²) in [6, 6.07) is 5.23. The van der Waals surface area contributed by atoms with Crippen molar-refractivity contribution in [2.24, 2.45) is 0 Å². The SMILES string of the molecule is FC(F)(F)c1cccc(NCCOc2ncccc2C(F)(F)F)n1. The number of aromatic nitrogens is 2. The number of halogens is 6. The van der Waals surface area contributed by atoms with Gasteiger partial charge in [0.05, 0.1) is 6.54 Å².